The first kappa shape index (κ1) is 19.8. The molecule has 1 amide bonds. The first-order valence-corrected chi connectivity index (χ1v) is 11.3. The van der Waals surface area contributed by atoms with Crippen molar-refractivity contribution in [2.75, 3.05) is 0 Å². The van der Waals surface area contributed by atoms with Crippen molar-refractivity contribution in [3.8, 4) is 10.6 Å². The number of amides is 1. The Morgan fingerprint density at radius 2 is 1.93 bits per heavy atom. The number of carbonyl (C=O) groups is 1. The van der Waals surface area contributed by atoms with Crippen molar-refractivity contribution in [1.82, 2.24) is 15.3 Å². The maximum atomic E-state index is 12.8. The maximum absolute atomic E-state index is 12.8. The number of rotatable bonds is 7. The number of carbonyl (C=O) groups excluding carboxylic acids is 1. The van der Waals surface area contributed by atoms with Crippen molar-refractivity contribution in [2.45, 2.75) is 51.0 Å². The van der Waals surface area contributed by atoms with E-state index in [-0.39, 0.29) is 11.9 Å². The number of thiazole rings is 1. The van der Waals surface area contributed by atoms with Crippen LogP contribution in [0, 0.1) is 5.92 Å². The molecule has 1 saturated carbocycles. The molecule has 4 rings (SSSR count). The molecule has 1 N–H and O–H groups in total. The minimum atomic E-state index is 0.0395. The Labute approximate surface area is 176 Å². The standard InChI is InChI=1S/C24H27N3OS/c28-23(15-21-17-29-24(26-21)20-12-7-13-25-16-20)27-22(19-10-5-2-6-11-19)14-18-8-3-1-4-9-18/h2,5-7,10-13,16-18,22H,1,3-4,8-9,14-15H2,(H,27,28). The van der Waals surface area contributed by atoms with Gasteiger partial charge in [-0.25, -0.2) is 4.98 Å². The van der Waals surface area contributed by atoms with Gasteiger partial charge in [-0.2, -0.15) is 0 Å². The average Bonchev–Trinajstić information content (AvgIpc) is 3.24. The van der Waals surface area contributed by atoms with Crippen LogP contribution in [0.25, 0.3) is 10.6 Å². The molecule has 0 spiro atoms. The topological polar surface area (TPSA) is 54.9 Å². The molecule has 0 aliphatic heterocycles. The molecule has 5 heteroatoms. The zero-order chi connectivity index (χ0) is 19.9. The first-order valence-electron chi connectivity index (χ1n) is 10.5. The van der Waals surface area contributed by atoms with Crippen LogP contribution in [0.2, 0.25) is 0 Å². The molecule has 1 unspecified atom stereocenters. The van der Waals surface area contributed by atoms with Gasteiger partial charge in [0.2, 0.25) is 5.91 Å². The Bertz CT molecular complexity index is 904. The fourth-order valence-corrected chi connectivity index (χ4v) is 4.95. The number of hydrogen-bond donors (Lipinski definition) is 1. The summed E-state index contributed by atoms with van der Waals surface area (Å²) in [5, 5.41) is 6.17. The minimum absolute atomic E-state index is 0.0395. The molecule has 1 atom stereocenters. The number of benzene rings is 1. The normalized spacial score (nSPS) is 15.7. The summed E-state index contributed by atoms with van der Waals surface area (Å²) in [4.78, 5) is 21.6. The zero-order valence-electron chi connectivity index (χ0n) is 16.6. The molecule has 0 bridgehead atoms. The molecule has 0 radical (unpaired) electrons. The van der Waals surface area contributed by atoms with Crippen molar-refractivity contribution in [3.05, 3.63) is 71.5 Å². The highest BCUT2D eigenvalue weighted by molar-refractivity contribution is 7.13. The van der Waals surface area contributed by atoms with E-state index in [0.717, 1.165) is 22.7 Å². The van der Waals surface area contributed by atoms with Gasteiger partial charge in [-0.1, -0.05) is 62.4 Å². The molecular formula is C24H27N3OS. The summed E-state index contributed by atoms with van der Waals surface area (Å²) in [5.41, 5.74) is 3.00. The van der Waals surface area contributed by atoms with E-state index in [1.807, 2.05) is 23.6 Å². The number of aromatic nitrogens is 2. The van der Waals surface area contributed by atoms with Crippen LogP contribution in [0.15, 0.2) is 60.2 Å². The summed E-state index contributed by atoms with van der Waals surface area (Å²) in [5.74, 6) is 0.739. The summed E-state index contributed by atoms with van der Waals surface area (Å²) in [6, 6.07) is 14.3. The number of nitrogens with one attached hydrogen (secondary N) is 1. The summed E-state index contributed by atoms with van der Waals surface area (Å²) in [6.45, 7) is 0. The quantitative estimate of drug-likeness (QED) is 0.559. The van der Waals surface area contributed by atoms with Gasteiger partial charge in [0, 0.05) is 23.3 Å². The Balaban J connectivity index is 1.41. The van der Waals surface area contributed by atoms with Gasteiger partial charge in [-0.15, -0.1) is 11.3 Å². The monoisotopic (exact) mass is 405 g/mol. The molecule has 4 nitrogen and oxygen atoms in total. The van der Waals surface area contributed by atoms with Crippen LogP contribution in [0.1, 0.15) is 55.8 Å². The van der Waals surface area contributed by atoms with Crippen LogP contribution in [-0.4, -0.2) is 15.9 Å². The third-order valence-corrected chi connectivity index (χ3v) is 6.57. The molecular weight excluding hydrogens is 378 g/mol. The molecule has 2 heterocycles. The summed E-state index contributed by atoms with van der Waals surface area (Å²) >= 11 is 1.56. The van der Waals surface area contributed by atoms with Crippen LogP contribution in [0.5, 0.6) is 0 Å². The second-order valence-electron chi connectivity index (χ2n) is 7.83. The van der Waals surface area contributed by atoms with Crippen LogP contribution in [0.4, 0.5) is 0 Å². The Kier molecular flexibility index (Phi) is 6.67. The summed E-state index contributed by atoms with van der Waals surface area (Å²) in [7, 11) is 0. The van der Waals surface area contributed by atoms with E-state index in [9.17, 15) is 4.79 Å². The van der Waals surface area contributed by atoms with Crippen molar-refractivity contribution >= 4 is 17.2 Å². The fraction of sp³-hybridized carbons (Fsp3) is 0.375. The van der Waals surface area contributed by atoms with Gasteiger partial charge in [-0.3, -0.25) is 9.78 Å². The molecule has 150 valence electrons. The van der Waals surface area contributed by atoms with E-state index >= 15 is 0 Å². The van der Waals surface area contributed by atoms with Crippen molar-refractivity contribution in [3.63, 3.8) is 0 Å². The van der Waals surface area contributed by atoms with Crippen LogP contribution in [-0.2, 0) is 11.2 Å². The van der Waals surface area contributed by atoms with Crippen molar-refractivity contribution < 1.29 is 4.79 Å². The molecule has 1 aliphatic rings. The number of nitrogens with zero attached hydrogens (tertiary/aromatic N) is 2. The van der Waals surface area contributed by atoms with E-state index in [0.29, 0.717) is 12.3 Å². The average molecular weight is 406 g/mol. The van der Waals surface area contributed by atoms with Gasteiger partial charge in [-0.05, 0) is 30.0 Å². The van der Waals surface area contributed by atoms with Crippen LogP contribution < -0.4 is 5.32 Å². The second-order valence-corrected chi connectivity index (χ2v) is 8.69. The van der Waals surface area contributed by atoms with Gasteiger partial charge in [0.25, 0.3) is 0 Å². The van der Waals surface area contributed by atoms with Gasteiger partial charge in [0.15, 0.2) is 0 Å². The first-order chi connectivity index (χ1) is 14.3. The largest absolute Gasteiger partial charge is 0.349 e. The smallest absolute Gasteiger partial charge is 0.226 e. The maximum Gasteiger partial charge on any atom is 0.226 e. The highest BCUT2D eigenvalue weighted by Crippen LogP contribution is 2.32. The van der Waals surface area contributed by atoms with E-state index in [4.69, 9.17) is 0 Å². The van der Waals surface area contributed by atoms with E-state index in [1.165, 1.54) is 37.7 Å². The molecule has 1 aromatic carbocycles. The minimum Gasteiger partial charge on any atom is -0.349 e. The predicted octanol–water partition coefficient (Wildman–Crippen LogP) is 5.58. The van der Waals surface area contributed by atoms with E-state index in [2.05, 4.69) is 39.6 Å². The van der Waals surface area contributed by atoms with Gasteiger partial charge >= 0.3 is 0 Å². The van der Waals surface area contributed by atoms with Gasteiger partial charge in [0.1, 0.15) is 5.01 Å². The summed E-state index contributed by atoms with van der Waals surface area (Å²) < 4.78 is 0. The SMILES string of the molecule is O=C(Cc1csc(-c2cccnc2)n1)NC(CC1CCCCC1)c1ccccc1. The summed E-state index contributed by atoms with van der Waals surface area (Å²) in [6.07, 6.45) is 11.4. The van der Waals surface area contributed by atoms with Crippen molar-refractivity contribution in [1.29, 1.82) is 0 Å². The highest BCUT2D eigenvalue weighted by atomic mass is 32.1. The second kappa shape index (κ2) is 9.79. The lowest BCUT2D eigenvalue weighted by atomic mass is 9.83. The Morgan fingerprint density at radius 3 is 2.69 bits per heavy atom. The molecule has 1 aliphatic carbocycles. The number of hydrogen-bond acceptors (Lipinski definition) is 4. The lowest BCUT2D eigenvalue weighted by Crippen LogP contribution is -2.31. The molecule has 29 heavy (non-hydrogen) atoms. The highest BCUT2D eigenvalue weighted by Gasteiger charge is 2.22. The van der Waals surface area contributed by atoms with Gasteiger partial charge < -0.3 is 5.32 Å². The van der Waals surface area contributed by atoms with Crippen LogP contribution >= 0.6 is 11.3 Å². The Hall–Kier alpha value is -2.53. The van der Waals surface area contributed by atoms with Crippen LogP contribution in [0.3, 0.4) is 0 Å². The third-order valence-electron chi connectivity index (χ3n) is 5.63. The van der Waals surface area contributed by atoms with Crippen molar-refractivity contribution in [2.24, 2.45) is 5.92 Å². The lowest BCUT2D eigenvalue weighted by molar-refractivity contribution is -0.121. The van der Waals surface area contributed by atoms with E-state index in [1.54, 1.807) is 23.7 Å². The molecule has 3 aromatic rings. The van der Waals surface area contributed by atoms with E-state index < -0.39 is 0 Å². The molecule has 0 saturated heterocycles. The lowest BCUT2D eigenvalue weighted by Gasteiger charge is -2.27. The fourth-order valence-electron chi connectivity index (χ4n) is 4.14. The molecule has 1 fully saturated rings. The van der Waals surface area contributed by atoms with Gasteiger partial charge in [0.05, 0.1) is 18.2 Å². The zero-order valence-corrected chi connectivity index (χ0v) is 17.4. The molecule has 2 aromatic heterocycles. The predicted molar refractivity (Wildman–Crippen MR) is 118 cm³/mol. The third kappa shape index (κ3) is 5.51. The Morgan fingerprint density at radius 1 is 1.10 bits per heavy atom. The number of pyridine rings is 1.